The normalized spacial score (nSPS) is 22.0. The zero-order chi connectivity index (χ0) is 30.8. The van der Waals surface area contributed by atoms with Gasteiger partial charge in [-0.25, -0.2) is 9.59 Å². The first-order valence-electron chi connectivity index (χ1n) is 16.0. The topological polar surface area (TPSA) is 82.1 Å². The lowest BCUT2D eigenvalue weighted by molar-refractivity contribution is -0.131. The Balaban J connectivity index is 1.47. The first-order chi connectivity index (χ1) is 20.8. The van der Waals surface area contributed by atoms with Crippen LogP contribution in [0.2, 0.25) is 0 Å². The highest BCUT2D eigenvalue weighted by Crippen LogP contribution is 2.46. The maximum atomic E-state index is 12.6. The molecule has 6 heteroatoms. The minimum Gasteiger partial charge on any atom is -0.423 e. The van der Waals surface area contributed by atoms with E-state index in [0.717, 1.165) is 47.3 Å². The van der Waals surface area contributed by atoms with Crippen LogP contribution in [0.5, 0.6) is 11.5 Å². The largest absolute Gasteiger partial charge is 0.423 e. The molecule has 0 radical (unpaired) electrons. The Kier molecular flexibility index (Phi) is 12.2. The van der Waals surface area contributed by atoms with E-state index in [1.165, 1.54) is 64.9 Å². The highest BCUT2D eigenvalue weighted by atomic mass is 16.5. The number of methoxy groups -OCH3 is 1. The van der Waals surface area contributed by atoms with Crippen LogP contribution in [0.25, 0.3) is 11.1 Å². The highest BCUT2D eigenvalue weighted by Gasteiger charge is 2.32. The van der Waals surface area contributed by atoms with Crippen LogP contribution >= 0.6 is 0 Å². The number of carbonyl (C=O) groups excluding carboxylic acids is 2. The summed E-state index contributed by atoms with van der Waals surface area (Å²) in [7, 11) is 1.50. The average molecular weight is 589 g/mol. The van der Waals surface area contributed by atoms with Gasteiger partial charge in [-0.05, 0) is 103 Å². The van der Waals surface area contributed by atoms with Crippen molar-refractivity contribution in [3.63, 3.8) is 0 Å². The predicted octanol–water partition coefficient (Wildman–Crippen LogP) is 8.19. The van der Waals surface area contributed by atoms with E-state index in [1.54, 1.807) is 12.1 Å². The zero-order valence-electron chi connectivity index (χ0n) is 25.9. The molecule has 43 heavy (non-hydrogen) atoms. The lowest BCUT2D eigenvalue weighted by Gasteiger charge is -2.38. The van der Waals surface area contributed by atoms with Crippen LogP contribution in [0.15, 0.2) is 66.8 Å². The van der Waals surface area contributed by atoms with Crippen molar-refractivity contribution < 1.29 is 28.9 Å². The van der Waals surface area contributed by atoms with Crippen molar-refractivity contribution in [3.8, 4) is 22.6 Å². The second kappa shape index (κ2) is 16.0. The van der Waals surface area contributed by atoms with E-state index in [1.807, 2.05) is 24.3 Å². The maximum Gasteiger partial charge on any atom is 0.341 e. The lowest BCUT2D eigenvalue weighted by Crippen LogP contribution is -2.25. The number of ether oxygens (including phenoxy) is 3. The van der Waals surface area contributed by atoms with E-state index in [4.69, 9.17) is 14.2 Å². The van der Waals surface area contributed by atoms with Gasteiger partial charge >= 0.3 is 11.9 Å². The molecule has 0 heterocycles. The number of aliphatic hydroxyl groups excluding tert-OH is 1. The molecule has 2 aromatic carbocycles. The minimum absolute atomic E-state index is 0.0339. The predicted molar refractivity (Wildman–Crippen MR) is 170 cm³/mol. The number of unbranched alkanes of at least 4 members (excludes halogenated alkanes) is 1. The van der Waals surface area contributed by atoms with Gasteiger partial charge in [0.25, 0.3) is 0 Å². The molecule has 2 fully saturated rings. The fourth-order valence-corrected chi connectivity index (χ4v) is 6.85. The minimum atomic E-state index is -0.605. The van der Waals surface area contributed by atoms with Gasteiger partial charge in [0.1, 0.15) is 11.5 Å². The molecule has 0 unspecified atom stereocenters. The maximum absolute atomic E-state index is 12.6. The number of hydrogen-bond donors (Lipinski definition) is 1. The summed E-state index contributed by atoms with van der Waals surface area (Å²) in [5, 5.41) is 9.40. The van der Waals surface area contributed by atoms with Crippen molar-refractivity contribution in [3.05, 3.63) is 72.3 Å². The molecular weight excluding hydrogens is 540 g/mol. The molecule has 2 saturated carbocycles. The van der Waals surface area contributed by atoms with Crippen LogP contribution in [0, 0.1) is 17.8 Å². The number of rotatable bonds is 13. The molecule has 0 bridgehead atoms. The molecule has 0 amide bonds. The lowest BCUT2D eigenvalue weighted by atomic mass is 9.68. The van der Waals surface area contributed by atoms with Crippen LogP contribution < -0.4 is 9.47 Å². The Morgan fingerprint density at radius 3 is 2.02 bits per heavy atom. The van der Waals surface area contributed by atoms with Gasteiger partial charge in [0, 0.05) is 7.11 Å². The third-order valence-electron chi connectivity index (χ3n) is 9.43. The molecule has 0 atom stereocenters. The van der Waals surface area contributed by atoms with Crippen LogP contribution in [0.3, 0.4) is 0 Å². The first kappa shape index (κ1) is 32.7. The number of esters is 2. The molecule has 0 aliphatic heterocycles. The summed E-state index contributed by atoms with van der Waals surface area (Å²) in [5.41, 5.74) is 3.25. The second-order valence-electron chi connectivity index (χ2n) is 12.4. The summed E-state index contributed by atoms with van der Waals surface area (Å²) in [6.45, 7) is 9.29. The van der Waals surface area contributed by atoms with Gasteiger partial charge in [-0.1, -0.05) is 70.4 Å². The van der Waals surface area contributed by atoms with Crippen LogP contribution in [0.1, 0.15) is 89.0 Å². The standard InChI is InChI=1S/C37H48O6/c1-5-6-7-27-8-10-28(11-9-27)29-12-14-31(15-13-29)34-22-32(18-21-35(34)43-36(39)25(2)23-38)30-16-19-33(20-17-30)42-37(40)26(3)24-41-4/h16-22,27-29,31,38H,2-3,5-15,23-24H2,1,4H3. The molecule has 0 saturated heterocycles. The van der Waals surface area contributed by atoms with Crippen molar-refractivity contribution in [1.29, 1.82) is 0 Å². The van der Waals surface area contributed by atoms with E-state index in [9.17, 15) is 14.7 Å². The summed E-state index contributed by atoms with van der Waals surface area (Å²) in [6, 6.07) is 13.2. The zero-order valence-corrected chi connectivity index (χ0v) is 25.9. The van der Waals surface area contributed by atoms with Crippen LogP contribution in [0.4, 0.5) is 0 Å². The van der Waals surface area contributed by atoms with E-state index >= 15 is 0 Å². The van der Waals surface area contributed by atoms with E-state index in [0.29, 0.717) is 11.5 Å². The smallest absolute Gasteiger partial charge is 0.341 e. The van der Waals surface area contributed by atoms with Crippen molar-refractivity contribution in [2.75, 3.05) is 20.3 Å². The van der Waals surface area contributed by atoms with Gasteiger partial charge in [-0.15, -0.1) is 0 Å². The molecule has 2 aliphatic carbocycles. The fourth-order valence-electron chi connectivity index (χ4n) is 6.85. The van der Waals surface area contributed by atoms with Crippen LogP contribution in [-0.2, 0) is 14.3 Å². The summed E-state index contributed by atoms with van der Waals surface area (Å²) < 4.78 is 16.1. The molecule has 2 aromatic rings. The summed E-state index contributed by atoms with van der Waals surface area (Å²) in [5.74, 6) is 2.67. The number of carbonyl (C=O) groups is 2. The van der Waals surface area contributed by atoms with Gasteiger partial charge in [-0.2, -0.15) is 0 Å². The summed E-state index contributed by atoms with van der Waals surface area (Å²) >= 11 is 0. The van der Waals surface area contributed by atoms with Gasteiger partial charge in [0.15, 0.2) is 0 Å². The second-order valence-corrected chi connectivity index (χ2v) is 12.4. The van der Waals surface area contributed by atoms with E-state index < -0.39 is 18.5 Å². The molecule has 6 nitrogen and oxygen atoms in total. The Hall–Kier alpha value is -3.22. The van der Waals surface area contributed by atoms with E-state index in [2.05, 4.69) is 26.1 Å². The average Bonchev–Trinajstić information content (AvgIpc) is 3.04. The van der Waals surface area contributed by atoms with Gasteiger partial charge in [0.2, 0.25) is 0 Å². The van der Waals surface area contributed by atoms with E-state index in [-0.39, 0.29) is 23.7 Å². The summed E-state index contributed by atoms with van der Waals surface area (Å²) in [6.07, 6.45) is 14.1. The van der Waals surface area contributed by atoms with Gasteiger partial charge in [-0.3, -0.25) is 0 Å². The Morgan fingerprint density at radius 2 is 1.42 bits per heavy atom. The monoisotopic (exact) mass is 588 g/mol. The molecule has 2 aliphatic rings. The van der Waals surface area contributed by atoms with Gasteiger partial charge < -0.3 is 19.3 Å². The molecule has 0 aromatic heterocycles. The third-order valence-corrected chi connectivity index (χ3v) is 9.43. The first-order valence-corrected chi connectivity index (χ1v) is 16.0. The van der Waals surface area contributed by atoms with Crippen molar-refractivity contribution in [1.82, 2.24) is 0 Å². The van der Waals surface area contributed by atoms with Crippen molar-refractivity contribution in [2.24, 2.45) is 17.8 Å². The van der Waals surface area contributed by atoms with Gasteiger partial charge in [0.05, 0.1) is 24.4 Å². The Bertz CT molecular complexity index is 1250. The Morgan fingerprint density at radius 1 is 0.814 bits per heavy atom. The van der Waals surface area contributed by atoms with Crippen molar-refractivity contribution >= 4 is 11.9 Å². The third kappa shape index (κ3) is 8.90. The number of hydrogen-bond acceptors (Lipinski definition) is 6. The summed E-state index contributed by atoms with van der Waals surface area (Å²) in [4.78, 5) is 24.7. The number of benzene rings is 2. The van der Waals surface area contributed by atoms with Crippen LogP contribution in [-0.4, -0.2) is 37.4 Å². The molecule has 0 spiro atoms. The van der Waals surface area contributed by atoms with Crippen molar-refractivity contribution in [2.45, 2.75) is 83.5 Å². The molecular formula is C37H48O6. The fraction of sp³-hybridized carbons (Fsp3) is 0.514. The highest BCUT2D eigenvalue weighted by molar-refractivity contribution is 5.90. The Labute approximate surface area is 257 Å². The molecule has 1 N–H and O–H groups in total. The quantitative estimate of drug-likeness (QED) is 0.144. The SMILES string of the molecule is C=C(COC)C(=O)Oc1ccc(-c2ccc(OC(=O)C(=C)CO)c(C3CCC(C4CCC(CCCC)CC4)CC3)c2)cc1. The molecule has 232 valence electrons. The number of aliphatic hydroxyl groups is 1. The molecule has 4 rings (SSSR count).